The Morgan fingerprint density at radius 1 is 1.13 bits per heavy atom. The summed E-state index contributed by atoms with van der Waals surface area (Å²) in [7, 11) is -1.11. The van der Waals surface area contributed by atoms with Crippen molar-refractivity contribution in [1.29, 1.82) is 0 Å². The number of sulfonamides is 1. The maximum atomic E-state index is 13.7. The van der Waals surface area contributed by atoms with E-state index in [0.29, 0.717) is 36.2 Å². The third-order valence-corrected chi connectivity index (χ3v) is 7.66. The molecule has 0 amide bonds. The third kappa shape index (κ3) is 5.72. The molecule has 0 radical (unpaired) electrons. The number of nitrogens with zero attached hydrogens (tertiary/aromatic N) is 5. The van der Waals surface area contributed by atoms with Gasteiger partial charge in [0.15, 0.2) is 11.6 Å². The molecule has 3 heterocycles. The number of hydrogen-bond acceptors (Lipinski definition) is 11. The third-order valence-electron chi connectivity index (χ3n) is 5.97. The number of aromatic nitrogens is 5. The second-order valence-corrected chi connectivity index (χ2v) is 10.5. The van der Waals surface area contributed by atoms with Gasteiger partial charge in [0, 0.05) is 19.0 Å². The minimum atomic E-state index is -4.11. The van der Waals surface area contributed by atoms with E-state index in [9.17, 15) is 8.42 Å². The number of hydrogen-bond donors (Lipinski definition) is 1. The molecule has 0 aliphatic carbocycles. The summed E-state index contributed by atoms with van der Waals surface area (Å²) in [5.74, 6) is 1.33. The molecule has 0 bridgehead atoms. The summed E-state index contributed by atoms with van der Waals surface area (Å²) in [4.78, 5) is 8.58. The molecule has 1 fully saturated rings. The van der Waals surface area contributed by atoms with E-state index in [1.807, 2.05) is 6.92 Å². The van der Waals surface area contributed by atoms with Crippen molar-refractivity contribution in [2.75, 3.05) is 45.4 Å². The monoisotopic (exact) mass is 548 g/mol. The van der Waals surface area contributed by atoms with Gasteiger partial charge in [-0.3, -0.25) is 9.29 Å². The van der Waals surface area contributed by atoms with Gasteiger partial charge in [0.2, 0.25) is 16.0 Å². The quantitative estimate of drug-likeness (QED) is 0.376. The van der Waals surface area contributed by atoms with E-state index in [2.05, 4.69) is 24.9 Å². The Morgan fingerprint density at radius 2 is 1.82 bits per heavy atom. The number of para-hydroxylation sites is 1. The van der Waals surface area contributed by atoms with Gasteiger partial charge in [0.05, 0.1) is 34.0 Å². The summed E-state index contributed by atoms with van der Waals surface area (Å²) in [5.41, 5.74) is 1.25. The predicted octanol–water partition coefficient (Wildman–Crippen LogP) is 2.38. The molecule has 1 N–H and O–H groups in total. The first-order valence-electron chi connectivity index (χ1n) is 12.1. The second-order valence-electron chi connectivity index (χ2n) is 8.51. The summed E-state index contributed by atoms with van der Waals surface area (Å²) >= 11 is 0. The standard InChI is InChI=1S/C24H32N6O7S/c1-6-36-21(22-25-12-15(2)13-26-22)16(3)38(31,32)29-24-28-27-23(19-14-35-10-11-37-19)30(24)20-17(33-4)8-7-9-18(20)34-5/h7-9,12-13,16,19,21H,6,10-11,14H2,1-5H3,(H,28,29)/t16-,19?,21-/m0/s1. The maximum Gasteiger partial charge on any atom is 0.243 e. The van der Waals surface area contributed by atoms with Crippen LogP contribution in [0.25, 0.3) is 5.69 Å². The molecule has 1 aromatic carbocycles. The van der Waals surface area contributed by atoms with Crippen molar-refractivity contribution in [1.82, 2.24) is 24.7 Å². The van der Waals surface area contributed by atoms with Crippen LogP contribution in [0, 0.1) is 6.92 Å². The van der Waals surface area contributed by atoms with E-state index < -0.39 is 27.5 Å². The number of methoxy groups -OCH3 is 2. The van der Waals surface area contributed by atoms with Crippen LogP contribution in [0.5, 0.6) is 11.5 Å². The molecule has 1 saturated heterocycles. The van der Waals surface area contributed by atoms with Crippen molar-refractivity contribution >= 4 is 16.0 Å². The number of rotatable bonds is 11. The highest BCUT2D eigenvalue weighted by Gasteiger charge is 2.36. The zero-order valence-electron chi connectivity index (χ0n) is 21.9. The highest BCUT2D eigenvalue weighted by Crippen LogP contribution is 2.38. The van der Waals surface area contributed by atoms with Crippen molar-refractivity contribution in [3.8, 4) is 17.2 Å². The van der Waals surface area contributed by atoms with Crippen LogP contribution in [0.3, 0.4) is 0 Å². The normalized spacial score (nSPS) is 17.6. The molecule has 206 valence electrons. The lowest BCUT2D eigenvalue weighted by Crippen LogP contribution is -2.34. The van der Waals surface area contributed by atoms with Crippen LogP contribution in [0.2, 0.25) is 0 Å². The van der Waals surface area contributed by atoms with Crippen LogP contribution in [-0.4, -0.2) is 79.0 Å². The van der Waals surface area contributed by atoms with Crippen molar-refractivity contribution in [3.05, 3.63) is 47.8 Å². The van der Waals surface area contributed by atoms with Crippen molar-refractivity contribution < 1.29 is 32.1 Å². The zero-order chi connectivity index (χ0) is 27.3. The first-order chi connectivity index (χ1) is 18.3. The molecule has 2 aromatic heterocycles. The van der Waals surface area contributed by atoms with Crippen LogP contribution >= 0.6 is 0 Å². The SMILES string of the molecule is CCO[C@H](c1ncc(C)cn1)[C@H](C)S(=O)(=O)Nc1nnc(C2COCCO2)n1-c1c(OC)cccc1OC. The Hall–Kier alpha value is -3.33. The van der Waals surface area contributed by atoms with Crippen molar-refractivity contribution in [2.45, 2.75) is 38.2 Å². The van der Waals surface area contributed by atoms with E-state index in [-0.39, 0.29) is 25.0 Å². The summed E-state index contributed by atoms with van der Waals surface area (Å²) in [6, 6.07) is 5.20. The Balaban J connectivity index is 1.78. The van der Waals surface area contributed by atoms with E-state index in [0.717, 1.165) is 5.56 Å². The molecule has 1 aliphatic heterocycles. The van der Waals surface area contributed by atoms with E-state index in [1.165, 1.54) is 25.7 Å². The fraction of sp³-hybridized carbons (Fsp3) is 0.500. The van der Waals surface area contributed by atoms with Gasteiger partial charge < -0.3 is 23.7 Å². The molecule has 14 heteroatoms. The zero-order valence-corrected chi connectivity index (χ0v) is 22.8. The fourth-order valence-corrected chi connectivity index (χ4v) is 5.11. The first kappa shape index (κ1) is 27.7. The molecule has 1 unspecified atom stereocenters. The number of aryl methyl sites for hydroxylation is 1. The molecular formula is C24H32N6O7S. The van der Waals surface area contributed by atoms with Gasteiger partial charge in [-0.25, -0.2) is 18.4 Å². The predicted molar refractivity (Wildman–Crippen MR) is 137 cm³/mol. The Bertz CT molecular complexity index is 1300. The lowest BCUT2D eigenvalue weighted by molar-refractivity contribution is -0.0941. The van der Waals surface area contributed by atoms with Crippen molar-refractivity contribution in [2.24, 2.45) is 0 Å². The van der Waals surface area contributed by atoms with Crippen LogP contribution in [-0.2, 0) is 24.2 Å². The summed E-state index contributed by atoms with van der Waals surface area (Å²) in [6.07, 6.45) is 1.71. The molecule has 3 aromatic rings. The van der Waals surface area contributed by atoms with E-state index in [1.54, 1.807) is 37.5 Å². The van der Waals surface area contributed by atoms with Gasteiger partial charge >= 0.3 is 0 Å². The smallest absolute Gasteiger partial charge is 0.243 e. The van der Waals surface area contributed by atoms with Gasteiger partial charge in [0.25, 0.3) is 0 Å². The van der Waals surface area contributed by atoms with Crippen LogP contribution in [0.1, 0.15) is 43.3 Å². The number of anilines is 1. The molecule has 0 saturated carbocycles. The van der Waals surface area contributed by atoms with E-state index in [4.69, 9.17) is 23.7 Å². The van der Waals surface area contributed by atoms with Gasteiger partial charge in [-0.2, -0.15) is 0 Å². The largest absolute Gasteiger partial charge is 0.494 e. The Labute approximate surface area is 221 Å². The number of benzene rings is 1. The van der Waals surface area contributed by atoms with E-state index >= 15 is 0 Å². The lowest BCUT2D eigenvalue weighted by atomic mass is 10.2. The minimum absolute atomic E-state index is 0.0797. The minimum Gasteiger partial charge on any atom is -0.494 e. The highest BCUT2D eigenvalue weighted by atomic mass is 32.2. The first-order valence-corrected chi connectivity index (χ1v) is 13.6. The molecule has 3 atom stereocenters. The van der Waals surface area contributed by atoms with Gasteiger partial charge in [-0.1, -0.05) is 6.07 Å². The lowest BCUT2D eigenvalue weighted by Gasteiger charge is -2.25. The molecular weight excluding hydrogens is 516 g/mol. The molecule has 0 spiro atoms. The fourth-order valence-electron chi connectivity index (χ4n) is 4.01. The topological polar surface area (TPSA) is 149 Å². The maximum absolute atomic E-state index is 13.7. The average molecular weight is 549 g/mol. The highest BCUT2D eigenvalue weighted by molar-refractivity contribution is 7.93. The molecule has 1 aliphatic rings. The number of nitrogens with one attached hydrogen (secondary N) is 1. The molecule has 38 heavy (non-hydrogen) atoms. The van der Waals surface area contributed by atoms with Crippen LogP contribution < -0.4 is 14.2 Å². The molecule has 13 nitrogen and oxygen atoms in total. The Morgan fingerprint density at radius 3 is 2.39 bits per heavy atom. The number of ether oxygens (including phenoxy) is 5. The van der Waals surface area contributed by atoms with Crippen LogP contribution in [0.4, 0.5) is 5.95 Å². The summed E-state index contributed by atoms with van der Waals surface area (Å²) in [6.45, 7) is 6.42. The van der Waals surface area contributed by atoms with Crippen molar-refractivity contribution in [3.63, 3.8) is 0 Å². The van der Waals surface area contributed by atoms with Gasteiger partial charge in [-0.15, -0.1) is 10.2 Å². The molecule has 4 rings (SSSR count). The van der Waals surface area contributed by atoms with Crippen LogP contribution in [0.15, 0.2) is 30.6 Å². The van der Waals surface area contributed by atoms with Gasteiger partial charge in [0.1, 0.15) is 34.6 Å². The average Bonchev–Trinajstić information content (AvgIpc) is 3.34. The van der Waals surface area contributed by atoms with Gasteiger partial charge in [-0.05, 0) is 38.5 Å². The second kappa shape index (κ2) is 12.0. The summed E-state index contributed by atoms with van der Waals surface area (Å²) in [5, 5.41) is 7.36. The summed E-state index contributed by atoms with van der Waals surface area (Å²) < 4.78 is 59.8. The Kier molecular flexibility index (Phi) is 8.76.